The number of aliphatic hydroxyl groups is 1. The minimum Gasteiger partial charge on any atom is -0.377 e. The summed E-state index contributed by atoms with van der Waals surface area (Å²) in [5.41, 5.74) is -1.20. The molecular weight excluding hydrogens is 174 g/mol. The Kier molecular flexibility index (Phi) is 1.56. The number of amides is 1. The van der Waals surface area contributed by atoms with Gasteiger partial charge >= 0.3 is 0 Å². The SMILES string of the molecule is C=CCC1(O)C(=O)N2C=CS[C@H]21. The van der Waals surface area contributed by atoms with Crippen molar-refractivity contribution in [3.05, 3.63) is 24.3 Å². The minimum atomic E-state index is -1.20. The highest BCUT2D eigenvalue weighted by molar-refractivity contribution is 8.03. The van der Waals surface area contributed by atoms with Gasteiger partial charge in [0.1, 0.15) is 5.37 Å². The number of carbonyl (C=O) groups is 1. The van der Waals surface area contributed by atoms with Crippen molar-refractivity contribution in [1.29, 1.82) is 0 Å². The number of hydrogen-bond acceptors (Lipinski definition) is 3. The van der Waals surface area contributed by atoms with Crippen LogP contribution in [0.15, 0.2) is 24.3 Å². The van der Waals surface area contributed by atoms with Gasteiger partial charge in [-0.1, -0.05) is 6.08 Å². The molecule has 64 valence electrons. The molecule has 0 spiro atoms. The molecule has 0 radical (unpaired) electrons. The van der Waals surface area contributed by atoms with E-state index in [0.717, 1.165) is 0 Å². The van der Waals surface area contributed by atoms with E-state index in [-0.39, 0.29) is 11.3 Å². The minimum absolute atomic E-state index is 0.122. The average Bonchev–Trinajstić information content (AvgIpc) is 2.49. The van der Waals surface area contributed by atoms with Gasteiger partial charge in [0.2, 0.25) is 0 Å². The normalized spacial score (nSPS) is 37.9. The van der Waals surface area contributed by atoms with Gasteiger partial charge in [-0.3, -0.25) is 9.69 Å². The van der Waals surface area contributed by atoms with Gasteiger partial charge in [-0.05, 0) is 5.41 Å². The number of hydrogen-bond donors (Lipinski definition) is 1. The lowest BCUT2D eigenvalue weighted by atomic mass is 9.89. The largest absolute Gasteiger partial charge is 0.377 e. The third-order valence-corrected chi connectivity index (χ3v) is 3.30. The number of thioether (sulfide) groups is 1. The Morgan fingerprint density at radius 2 is 2.67 bits per heavy atom. The Morgan fingerprint density at radius 3 is 3.33 bits per heavy atom. The van der Waals surface area contributed by atoms with Crippen LogP contribution in [0.25, 0.3) is 0 Å². The van der Waals surface area contributed by atoms with Gasteiger partial charge < -0.3 is 5.11 Å². The summed E-state index contributed by atoms with van der Waals surface area (Å²) in [6.07, 6.45) is 3.62. The Morgan fingerprint density at radius 1 is 1.92 bits per heavy atom. The summed E-state index contributed by atoms with van der Waals surface area (Å²) >= 11 is 1.47. The van der Waals surface area contributed by atoms with Crippen LogP contribution in [-0.2, 0) is 4.79 Å². The third-order valence-electron chi connectivity index (χ3n) is 2.15. The Labute approximate surface area is 74.7 Å². The Balaban J connectivity index is 2.20. The van der Waals surface area contributed by atoms with Crippen LogP contribution >= 0.6 is 11.8 Å². The smallest absolute Gasteiger partial charge is 0.263 e. The van der Waals surface area contributed by atoms with Crippen LogP contribution in [0.5, 0.6) is 0 Å². The maximum atomic E-state index is 11.3. The van der Waals surface area contributed by atoms with E-state index < -0.39 is 5.60 Å². The molecule has 0 aromatic carbocycles. The molecule has 0 aromatic rings. The van der Waals surface area contributed by atoms with Crippen molar-refractivity contribution in [2.75, 3.05) is 0 Å². The molecule has 12 heavy (non-hydrogen) atoms. The van der Waals surface area contributed by atoms with E-state index in [1.807, 2.05) is 5.41 Å². The molecule has 2 aliphatic rings. The molecule has 2 heterocycles. The van der Waals surface area contributed by atoms with Gasteiger partial charge in [-0.25, -0.2) is 0 Å². The number of fused-ring (bicyclic) bond motifs is 1. The molecule has 1 unspecified atom stereocenters. The van der Waals surface area contributed by atoms with E-state index in [1.165, 1.54) is 11.8 Å². The molecule has 1 amide bonds. The van der Waals surface area contributed by atoms with Crippen LogP contribution in [0, 0.1) is 0 Å². The molecule has 1 N–H and O–H groups in total. The van der Waals surface area contributed by atoms with E-state index in [4.69, 9.17) is 0 Å². The summed E-state index contributed by atoms with van der Waals surface area (Å²) < 4.78 is 0. The number of rotatable bonds is 2. The summed E-state index contributed by atoms with van der Waals surface area (Å²) in [6.45, 7) is 3.52. The van der Waals surface area contributed by atoms with Crippen LogP contribution in [-0.4, -0.2) is 26.9 Å². The first kappa shape index (κ1) is 7.89. The van der Waals surface area contributed by atoms with Gasteiger partial charge in [0, 0.05) is 12.6 Å². The number of β-lactam (4-membered cyclic amide) rings is 1. The van der Waals surface area contributed by atoms with Crippen molar-refractivity contribution in [2.24, 2.45) is 0 Å². The van der Waals surface area contributed by atoms with E-state index in [9.17, 15) is 9.90 Å². The van der Waals surface area contributed by atoms with E-state index >= 15 is 0 Å². The lowest BCUT2D eigenvalue weighted by Crippen LogP contribution is -2.69. The van der Waals surface area contributed by atoms with Gasteiger partial charge in [-0.2, -0.15) is 0 Å². The zero-order valence-electron chi connectivity index (χ0n) is 6.43. The van der Waals surface area contributed by atoms with Gasteiger partial charge in [0.05, 0.1) is 0 Å². The van der Waals surface area contributed by atoms with Crippen molar-refractivity contribution >= 4 is 17.7 Å². The maximum Gasteiger partial charge on any atom is 0.263 e. The van der Waals surface area contributed by atoms with Crippen LogP contribution in [0.4, 0.5) is 0 Å². The molecule has 1 fully saturated rings. The molecule has 0 bridgehead atoms. The highest BCUT2D eigenvalue weighted by Gasteiger charge is 2.60. The number of nitrogens with zero attached hydrogens (tertiary/aromatic N) is 1. The Bertz CT molecular complexity index is 276. The van der Waals surface area contributed by atoms with E-state index in [0.29, 0.717) is 6.42 Å². The van der Waals surface area contributed by atoms with Gasteiger partial charge in [0.25, 0.3) is 5.91 Å². The van der Waals surface area contributed by atoms with Crippen molar-refractivity contribution in [3.63, 3.8) is 0 Å². The summed E-state index contributed by atoms with van der Waals surface area (Å²) in [5, 5.41) is 11.5. The first-order valence-electron chi connectivity index (χ1n) is 3.68. The van der Waals surface area contributed by atoms with Crippen molar-refractivity contribution < 1.29 is 9.90 Å². The first-order valence-corrected chi connectivity index (χ1v) is 4.62. The monoisotopic (exact) mass is 183 g/mol. The summed E-state index contributed by atoms with van der Waals surface area (Å²) in [4.78, 5) is 12.9. The van der Waals surface area contributed by atoms with Crippen molar-refractivity contribution in [3.8, 4) is 0 Å². The molecule has 2 rings (SSSR count). The summed E-state index contributed by atoms with van der Waals surface area (Å²) in [7, 11) is 0. The van der Waals surface area contributed by atoms with Gasteiger partial charge in [-0.15, -0.1) is 18.3 Å². The van der Waals surface area contributed by atoms with Gasteiger partial charge in [0.15, 0.2) is 5.60 Å². The molecule has 3 nitrogen and oxygen atoms in total. The summed E-state index contributed by atoms with van der Waals surface area (Å²) in [5.74, 6) is -0.214. The highest BCUT2D eigenvalue weighted by atomic mass is 32.2. The highest BCUT2D eigenvalue weighted by Crippen LogP contribution is 2.45. The third kappa shape index (κ3) is 0.738. The van der Waals surface area contributed by atoms with Crippen LogP contribution < -0.4 is 0 Å². The predicted molar refractivity (Wildman–Crippen MR) is 47.1 cm³/mol. The lowest BCUT2D eigenvalue weighted by Gasteiger charge is -2.47. The predicted octanol–water partition coefficient (Wildman–Crippen LogP) is 0.680. The second-order valence-corrected chi connectivity index (χ2v) is 3.89. The summed E-state index contributed by atoms with van der Waals surface area (Å²) in [6, 6.07) is 0. The maximum absolute atomic E-state index is 11.3. The van der Waals surface area contributed by atoms with Crippen LogP contribution in [0.1, 0.15) is 6.42 Å². The fourth-order valence-corrected chi connectivity index (χ4v) is 2.58. The molecule has 1 saturated heterocycles. The van der Waals surface area contributed by atoms with Crippen LogP contribution in [0.2, 0.25) is 0 Å². The topological polar surface area (TPSA) is 40.5 Å². The molecule has 2 aliphatic heterocycles. The average molecular weight is 183 g/mol. The Hall–Kier alpha value is -0.740. The second kappa shape index (κ2) is 2.37. The fraction of sp³-hybridized carbons (Fsp3) is 0.375. The molecule has 0 aromatic heterocycles. The van der Waals surface area contributed by atoms with E-state index in [1.54, 1.807) is 17.2 Å². The molecular formula is C8H9NO2S. The zero-order valence-corrected chi connectivity index (χ0v) is 7.25. The van der Waals surface area contributed by atoms with E-state index in [2.05, 4.69) is 6.58 Å². The standard InChI is InChI=1S/C8H9NO2S/c1-2-3-8(11)6(10)9-4-5-12-7(8)9/h2,4-5,7,11H,1,3H2/t7-,8?/m0/s1. The molecule has 0 aliphatic carbocycles. The lowest BCUT2D eigenvalue weighted by molar-refractivity contribution is -0.172. The van der Waals surface area contributed by atoms with Crippen molar-refractivity contribution in [1.82, 2.24) is 4.90 Å². The number of carbonyl (C=O) groups excluding carboxylic acids is 1. The second-order valence-electron chi connectivity index (χ2n) is 2.90. The van der Waals surface area contributed by atoms with Crippen LogP contribution in [0.3, 0.4) is 0 Å². The molecule has 4 heteroatoms. The molecule has 2 atom stereocenters. The fourth-order valence-electron chi connectivity index (χ4n) is 1.51. The molecule has 0 saturated carbocycles. The quantitative estimate of drug-likeness (QED) is 0.505. The van der Waals surface area contributed by atoms with Crippen molar-refractivity contribution in [2.45, 2.75) is 17.4 Å². The first-order chi connectivity index (χ1) is 5.70. The zero-order chi connectivity index (χ0) is 8.77.